The van der Waals surface area contributed by atoms with Crippen LogP contribution in [0.5, 0.6) is 5.75 Å². The van der Waals surface area contributed by atoms with Crippen LogP contribution in [0.15, 0.2) is 24.3 Å². The fourth-order valence-corrected chi connectivity index (χ4v) is 2.65. The van der Waals surface area contributed by atoms with Gasteiger partial charge in [0.1, 0.15) is 5.75 Å². The number of carbonyl (C=O) groups is 2. The number of carbonyl (C=O) groups excluding carboxylic acids is 2. The van der Waals surface area contributed by atoms with Crippen molar-refractivity contribution in [1.29, 1.82) is 0 Å². The molecule has 1 fully saturated rings. The Hall–Kier alpha value is -2.08. The van der Waals surface area contributed by atoms with Gasteiger partial charge >= 0.3 is 0 Å². The molecule has 0 spiro atoms. The number of aliphatic hydroxyl groups is 1. The van der Waals surface area contributed by atoms with Crippen LogP contribution in [0.25, 0.3) is 0 Å². The number of hydrogen-bond donors (Lipinski definition) is 2. The minimum absolute atomic E-state index is 0.0101. The summed E-state index contributed by atoms with van der Waals surface area (Å²) in [7, 11) is 1.61. The maximum Gasteiger partial charge on any atom is 0.251 e. The Morgan fingerprint density at radius 2 is 2.05 bits per heavy atom. The van der Waals surface area contributed by atoms with Crippen LogP contribution in [0.2, 0.25) is 0 Å². The molecule has 6 heteroatoms. The van der Waals surface area contributed by atoms with E-state index in [0.717, 1.165) is 11.3 Å². The number of aryl methyl sites for hydroxylation is 1. The van der Waals surface area contributed by atoms with Gasteiger partial charge in [0.2, 0.25) is 5.91 Å². The minimum Gasteiger partial charge on any atom is -0.497 e. The van der Waals surface area contributed by atoms with Gasteiger partial charge in [-0.2, -0.15) is 0 Å². The van der Waals surface area contributed by atoms with Crippen molar-refractivity contribution in [1.82, 2.24) is 4.90 Å². The van der Waals surface area contributed by atoms with Gasteiger partial charge in [-0.3, -0.25) is 9.59 Å². The van der Waals surface area contributed by atoms with Crippen molar-refractivity contribution in [3.05, 3.63) is 29.8 Å². The van der Waals surface area contributed by atoms with Crippen LogP contribution in [-0.2, 0) is 16.0 Å². The molecule has 0 aliphatic carbocycles. The summed E-state index contributed by atoms with van der Waals surface area (Å²) in [4.78, 5) is 25.1. The predicted molar refractivity (Wildman–Crippen MR) is 81.3 cm³/mol. The van der Waals surface area contributed by atoms with Crippen LogP contribution >= 0.6 is 0 Å². The van der Waals surface area contributed by atoms with E-state index in [2.05, 4.69) is 0 Å². The number of piperidine rings is 1. The summed E-state index contributed by atoms with van der Waals surface area (Å²) < 4.78 is 5.09. The fourth-order valence-electron chi connectivity index (χ4n) is 2.65. The molecule has 2 amide bonds. The van der Waals surface area contributed by atoms with E-state index in [1.807, 2.05) is 24.3 Å². The van der Waals surface area contributed by atoms with Gasteiger partial charge in [-0.1, -0.05) is 12.1 Å². The largest absolute Gasteiger partial charge is 0.497 e. The molecule has 1 aromatic carbocycles. The van der Waals surface area contributed by atoms with E-state index < -0.39 is 11.5 Å². The second-order valence-electron chi connectivity index (χ2n) is 5.66. The lowest BCUT2D eigenvalue weighted by Crippen LogP contribution is -2.57. The average molecular weight is 306 g/mol. The van der Waals surface area contributed by atoms with E-state index in [1.165, 1.54) is 4.90 Å². The molecular formula is C16H22N2O4. The standard InChI is InChI=1S/C16H22N2O4/c1-22-13-6-3-12(4-7-13)5-8-14(19)18-10-2-9-16(21,11-18)15(17)20/h3-4,6-7,21H,2,5,8-11H2,1H3,(H2,17,20)/t16-/m0/s1. The number of nitrogens with zero attached hydrogens (tertiary/aromatic N) is 1. The number of primary amides is 1. The first kappa shape index (κ1) is 16.3. The summed E-state index contributed by atoms with van der Waals surface area (Å²) in [5.74, 6) is -0.0621. The third-order valence-corrected chi connectivity index (χ3v) is 4.07. The number of nitrogens with two attached hydrogens (primary N) is 1. The molecular weight excluding hydrogens is 284 g/mol. The van der Waals surface area contributed by atoms with Gasteiger partial charge in [-0.05, 0) is 37.0 Å². The molecule has 22 heavy (non-hydrogen) atoms. The summed E-state index contributed by atoms with van der Waals surface area (Å²) in [5.41, 5.74) is 4.67. The molecule has 3 N–H and O–H groups in total. The second kappa shape index (κ2) is 6.79. The quantitative estimate of drug-likeness (QED) is 0.827. The third kappa shape index (κ3) is 3.76. The first-order valence-electron chi connectivity index (χ1n) is 7.37. The van der Waals surface area contributed by atoms with Gasteiger partial charge in [0.15, 0.2) is 5.60 Å². The smallest absolute Gasteiger partial charge is 0.251 e. The topological polar surface area (TPSA) is 92.9 Å². The molecule has 2 rings (SSSR count). The Kier molecular flexibility index (Phi) is 5.03. The highest BCUT2D eigenvalue weighted by Crippen LogP contribution is 2.22. The van der Waals surface area contributed by atoms with Crippen LogP contribution in [-0.4, -0.2) is 47.6 Å². The first-order valence-corrected chi connectivity index (χ1v) is 7.37. The van der Waals surface area contributed by atoms with E-state index in [9.17, 15) is 14.7 Å². The highest BCUT2D eigenvalue weighted by atomic mass is 16.5. The molecule has 6 nitrogen and oxygen atoms in total. The van der Waals surface area contributed by atoms with Gasteiger partial charge in [-0.25, -0.2) is 0 Å². The number of methoxy groups -OCH3 is 1. The highest BCUT2D eigenvalue weighted by Gasteiger charge is 2.39. The van der Waals surface area contributed by atoms with Crippen LogP contribution in [0.4, 0.5) is 0 Å². The van der Waals surface area contributed by atoms with Gasteiger partial charge in [0, 0.05) is 13.0 Å². The maximum absolute atomic E-state index is 12.2. The summed E-state index contributed by atoms with van der Waals surface area (Å²) in [5, 5.41) is 10.1. The van der Waals surface area contributed by atoms with Crippen molar-refractivity contribution < 1.29 is 19.4 Å². The summed E-state index contributed by atoms with van der Waals surface area (Å²) in [6.07, 6.45) is 1.83. The van der Waals surface area contributed by atoms with Crippen molar-refractivity contribution in [2.24, 2.45) is 5.73 Å². The van der Waals surface area contributed by atoms with Gasteiger partial charge < -0.3 is 20.5 Å². The van der Waals surface area contributed by atoms with Crippen LogP contribution in [0.3, 0.4) is 0 Å². The van der Waals surface area contributed by atoms with Crippen molar-refractivity contribution in [2.45, 2.75) is 31.3 Å². The van der Waals surface area contributed by atoms with E-state index in [1.54, 1.807) is 7.11 Å². The van der Waals surface area contributed by atoms with Gasteiger partial charge in [0.25, 0.3) is 5.91 Å². The molecule has 0 aromatic heterocycles. The second-order valence-corrected chi connectivity index (χ2v) is 5.66. The molecule has 0 bridgehead atoms. The zero-order chi connectivity index (χ0) is 16.2. The average Bonchev–Trinajstić information content (AvgIpc) is 2.53. The maximum atomic E-state index is 12.2. The van der Waals surface area contributed by atoms with E-state index in [4.69, 9.17) is 10.5 Å². The normalized spacial score (nSPS) is 21.5. The predicted octanol–water partition coefficient (Wildman–Crippen LogP) is 0.467. The van der Waals surface area contributed by atoms with Crippen LogP contribution < -0.4 is 10.5 Å². The van der Waals surface area contributed by atoms with Gasteiger partial charge in [-0.15, -0.1) is 0 Å². The summed E-state index contributed by atoms with van der Waals surface area (Å²) >= 11 is 0. The molecule has 1 aliphatic rings. The fraction of sp³-hybridized carbons (Fsp3) is 0.500. The van der Waals surface area contributed by atoms with Crippen molar-refractivity contribution >= 4 is 11.8 Å². The Labute approximate surface area is 129 Å². The number of β-amino-alcohol motifs (C(OH)–C–C–N with tert-alkyl or cyclic N) is 1. The minimum atomic E-state index is -1.59. The molecule has 0 unspecified atom stereocenters. The number of ether oxygens (including phenoxy) is 1. The van der Waals surface area contributed by atoms with Crippen LogP contribution in [0.1, 0.15) is 24.8 Å². The van der Waals surface area contributed by atoms with E-state index in [-0.39, 0.29) is 12.5 Å². The van der Waals surface area contributed by atoms with Crippen molar-refractivity contribution in [3.63, 3.8) is 0 Å². The summed E-state index contributed by atoms with van der Waals surface area (Å²) in [6.45, 7) is 0.542. The summed E-state index contributed by atoms with van der Waals surface area (Å²) in [6, 6.07) is 7.54. The van der Waals surface area contributed by atoms with Gasteiger partial charge in [0.05, 0.1) is 13.7 Å². The number of rotatable bonds is 5. The zero-order valence-corrected chi connectivity index (χ0v) is 12.7. The molecule has 0 radical (unpaired) electrons. The number of amides is 2. The number of likely N-dealkylation sites (tertiary alicyclic amines) is 1. The SMILES string of the molecule is COc1ccc(CCC(=O)N2CCC[C@@](O)(C(N)=O)C2)cc1. The Morgan fingerprint density at radius 3 is 2.64 bits per heavy atom. The Balaban J connectivity index is 1.90. The molecule has 1 saturated heterocycles. The monoisotopic (exact) mass is 306 g/mol. The molecule has 1 aliphatic heterocycles. The molecule has 1 heterocycles. The first-order chi connectivity index (χ1) is 10.4. The van der Waals surface area contributed by atoms with Crippen LogP contribution in [0, 0.1) is 0 Å². The third-order valence-electron chi connectivity index (χ3n) is 4.07. The van der Waals surface area contributed by atoms with E-state index in [0.29, 0.717) is 32.2 Å². The zero-order valence-electron chi connectivity index (χ0n) is 12.7. The lowest BCUT2D eigenvalue weighted by Gasteiger charge is -2.37. The Bertz CT molecular complexity index is 544. The number of hydrogen-bond acceptors (Lipinski definition) is 4. The molecule has 120 valence electrons. The highest BCUT2D eigenvalue weighted by molar-refractivity contribution is 5.85. The number of benzene rings is 1. The lowest BCUT2D eigenvalue weighted by atomic mass is 9.92. The van der Waals surface area contributed by atoms with E-state index >= 15 is 0 Å². The molecule has 0 saturated carbocycles. The molecule has 1 aromatic rings. The van der Waals surface area contributed by atoms with Crippen molar-refractivity contribution in [3.8, 4) is 5.75 Å². The Morgan fingerprint density at radius 1 is 1.36 bits per heavy atom. The van der Waals surface area contributed by atoms with Crippen molar-refractivity contribution in [2.75, 3.05) is 20.2 Å². The molecule has 1 atom stereocenters. The lowest BCUT2D eigenvalue weighted by molar-refractivity contribution is -0.148.